The van der Waals surface area contributed by atoms with E-state index in [1.165, 1.54) is 16.7 Å². The minimum Gasteiger partial charge on any atom is -0.388 e. The zero-order valence-corrected chi connectivity index (χ0v) is 11.8. The van der Waals surface area contributed by atoms with Gasteiger partial charge in [-0.05, 0) is 35.1 Å². The highest BCUT2D eigenvalue weighted by molar-refractivity contribution is 5.35. The second-order valence-corrected chi connectivity index (χ2v) is 4.95. The molecule has 0 aliphatic heterocycles. The highest BCUT2D eigenvalue weighted by Crippen LogP contribution is 2.24. The van der Waals surface area contributed by atoms with Gasteiger partial charge in [-0.25, -0.2) is 0 Å². The predicted octanol–water partition coefficient (Wildman–Crippen LogP) is 4.09. The molecular weight excluding hydrogens is 232 g/mol. The van der Waals surface area contributed by atoms with Crippen LogP contribution in [0.2, 0.25) is 0 Å². The molecule has 0 fully saturated rings. The van der Waals surface area contributed by atoms with Gasteiger partial charge in [0.25, 0.3) is 0 Å². The maximum Gasteiger partial charge on any atom is 0.0833 e. The van der Waals surface area contributed by atoms with Gasteiger partial charge in [-0.2, -0.15) is 0 Å². The van der Waals surface area contributed by atoms with Crippen molar-refractivity contribution in [2.75, 3.05) is 0 Å². The second-order valence-electron chi connectivity index (χ2n) is 4.95. The molecule has 1 nitrogen and oxygen atoms in total. The van der Waals surface area contributed by atoms with Gasteiger partial charge in [0.05, 0.1) is 6.10 Å². The molecule has 0 spiro atoms. The van der Waals surface area contributed by atoms with E-state index in [1.54, 1.807) is 0 Å². The van der Waals surface area contributed by atoms with Crippen LogP contribution in [0.25, 0.3) is 0 Å². The Balaban J connectivity index is 2.24. The highest BCUT2D eigenvalue weighted by Gasteiger charge is 2.12. The molecule has 0 amide bonds. The van der Waals surface area contributed by atoms with E-state index in [-0.39, 0.29) is 0 Å². The van der Waals surface area contributed by atoms with E-state index in [0.717, 1.165) is 18.4 Å². The number of hydrogen-bond acceptors (Lipinski definition) is 1. The SMILES string of the molecule is CCc1ccc(CC)c(C(O)Cc2ccccc2)c1. The molecule has 0 saturated heterocycles. The summed E-state index contributed by atoms with van der Waals surface area (Å²) in [6.45, 7) is 4.29. The third kappa shape index (κ3) is 3.45. The van der Waals surface area contributed by atoms with Crippen LogP contribution in [0.15, 0.2) is 48.5 Å². The van der Waals surface area contributed by atoms with E-state index in [9.17, 15) is 5.11 Å². The predicted molar refractivity (Wildman–Crippen MR) is 80.3 cm³/mol. The molecule has 1 heteroatoms. The lowest BCUT2D eigenvalue weighted by atomic mass is 9.93. The van der Waals surface area contributed by atoms with Gasteiger partial charge in [0.2, 0.25) is 0 Å². The normalized spacial score (nSPS) is 12.4. The first-order valence-corrected chi connectivity index (χ1v) is 7.08. The van der Waals surface area contributed by atoms with Gasteiger partial charge in [0.15, 0.2) is 0 Å². The Bertz CT molecular complexity index is 516. The lowest BCUT2D eigenvalue weighted by Gasteiger charge is -2.16. The zero-order valence-electron chi connectivity index (χ0n) is 11.8. The van der Waals surface area contributed by atoms with E-state index in [1.807, 2.05) is 18.2 Å². The topological polar surface area (TPSA) is 20.2 Å². The number of aryl methyl sites for hydroxylation is 2. The van der Waals surface area contributed by atoms with Crippen LogP contribution in [0.1, 0.15) is 42.2 Å². The van der Waals surface area contributed by atoms with Gasteiger partial charge in [0, 0.05) is 6.42 Å². The molecule has 0 saturated carbocycles. The number of aliphatic hydroxyl groups is 1. The van der Waals surface area contributed by atoms with Crippen LogP contribution in [0.5, 0.6) is 0 Å². The molecule has 0 bridgehead atoms. The monoisotopic (exact) mass is 254 g/mol. The molecule has 2 aromatic carbocycles. The molecule has 0 aliphatic rings. The van der Waals surface area contributed by atoms with Crippen molar-refractivity contribution in [3.05, 3.63) is 70.8 Å². The van der Waals surface area contributed by atoms with Crippen molar-refractivity contribution in [3.63, 3.8) is 0 Å². The summed E-state index contributed by atoms with van der Waals surface area (Å²) < 4.78 is 0. The van der Waals surface area contributed by atoms with Crippen LogP contribution in [0.3, 0.4) is 0 Å². The number of aliphatic hydroxyl groups excluding tert-OH is 1. The summed E-state index contributed by atoms with van der Waals surface area (Å²) in [4.78, 5) is 0. The van der Waals surface area contributed by atoms with E-state index in [0.29, 0.717) is 6.42 Å². The maximum absolute atomic E-state index is 10.5. The minimum absolute atomic E-state index is 0.413. The second kappa shape index (κ2) is 6.53. The smallest absolute Gasteiger partial charge is 0.0833 e. The van der Waals surface area contributed by atoms with Crippen LogP contribution < -0.4 is 0 Å². The van der Waals surface area contributed by atoms with Crippen LogP contribution in [0, 0.1) is 0 Å². The quantitative estimate of drug-likeness (QED) is 0.852. The van der Waals surface area contributed by atoms with E-state index in [4.69, 9.17) is 0 Å². The van der Waals surface area contributed by atoms with Gasteiger partial charge < -0.3 is 5.11 Å². The van der Waals surface area contributed by atoms with E-state index < -0.39 is 6.10 Å². The van der Waals surface area contributed by atoms with Gasteiger partial charge in [-0.1, -0.05) is 62.4 Å². The summed E-state index contributed by atoms with van der Waals surface area (Å²) in [6, 6.07) is 16.7. The van der Waals surface area contributed by atoms with Crippen LogP contribution >= 0.6 is 0 Å². The van der Waals surface area contributed by atoms with Gasteiger partial charge in [-0.3, -0.25) is 0 Å². The van der Waals surface area contributed by atoms with Gasteiger partial charge >= 0.3 is 0 Å². The summed E-state index contributed by atoms with van der Waals surface area (Å²) in [5, 5.41) is 10.5. The first-order chi connectivity index (χ1) is 9.24. The van der Waals surface area contributed by atoms with Crippen molar-refractivity contribution in [1.82, 2.24) is 0 Å². The minimum atomic E-state index is -0.413. The average Bonchev–Trinajstić information content (AvgIpc) is 2.47. The number of benzene rings is 2. The molecule has 1 N–H and O–H groups in total. The molecule has 19 heavy (non-hydrogen) atoms. The van der Waals surface area contributed by atoms with Crippen LogP contribution in [-0.4, -0.2) is 5.11 Å². The Labute approximate surface area is 115 Å². The fraction of sp³-hybridized carbons (Fsp3) is 0.333. The molecule has 0 aromatic heterocycles. The van der Waals surface area contributed by atoms with Crippen molar-refractivity contribution in [2.24, 2.45) is 0 Å². The van der Waals surface area contributed by atoms with Crippen molar-refractivity contribution < 1.29 is 5.11 Å². The molecule has 0 radical (unpaired) electrons. The summed E-state index contributed by atoms with van der Waals surface area (Å²) in [5.74, 6) is 0. The lowest BCUT2D eigenvalue weighted by Crippen LogP contribution is -2.06. The van der Waals surface area contributed by atoms with Crippen molar-refractivity contribution in [3.8, 4) is 0 Å². The molecule has 2 aromatic rings. The molecule has 2 rings (SSSR count). The first kappa shape index (κ1) is 13.8. The summed E-state index contributed by atoms with van der Waals surface area (Å²) in [5.41, 5.74) is 4.81. The van der Waals surface area contributed by atoms with Gasteiger partial charge in [0.1, 0.15) is 0 Å². The van der Waals surface area contributed by atoms with Crippen molar-refractivity contribution >= 4 is 0 Å². The molecule has 0 aliphatic carbocycles. The molecule has 1 unspecified atom stereocenters. The Morgan fingerprint density at radius 3 is 2.26 bits per heavy atom. The largest absolute Gasteiger partial charge is 0.388 e. The van der Waals surface area contributed by atoms with Crippen molar-refractivity contribution in [2.45, 2.75) is 39.2 Å². The van der Waals surface area contributed by atoms with E-state index in [2.05, 4.69) is 44.2 Å². The molecule has 1 atom stereocenters. The Kier molecular flexibility index (Phi) is 4.75. The fourth-order valence-electron chi connectivity index (χ4n) is 2.44. The molecular formula is C18H22O. The molecule has 100 valence electrons. The summed E-state index contributed by atoms with van der Waals surface area (Å²) in [7, 11) is 0. The maximum atomic E-state index is 10.5. The Morgan fingerprint density at radius 2 is 1.63 bits per heavy atom. The zero-order chi connectivity index (χ0) is 13.7. The average molecular weight is 254 g/mol. The summed E-state index contributed by atoms with van der Waals surface area (Å²) >= 11 is 0. The summed E-state index contributed by atoms with van der Waals surface area (Å²) in [6.07, 6.45) is 2.24. The number of hydrogen-bond donors (Lipinski definition) is 1. The highest BCUT2D eigenvalue weighted by atomic mass is 16.3. The fourth-order valence-corrected chi connectivity index (χ4v) is 2.44. The van der Waals surface area contributed by atoms with Crippen molar-refractivity contribution in [1.29, 1.82) is 0 Å². The Hall–Kier alpha value is -1.60. The standard InChI is InChI=1S/C18H22O/c1-3-14-10-11-16(4-2)17(12-14)18(19)13-15-8-6-5-7-9-15/h5-12,18-19H,3-4,13H2,1-2H3. The van der Waals surface area contributed by atoms with Crippen LogP contribution in [0.4, 0.5) is 0 Å². The Morgan fingerprint density at radius 1 is 0.895 bits per heavy atom. The first-order valence-electron chi connectivity index (χ1n) is 7.08. The third-order valence-corrected chi connectivity index (χ3v) is 3.63. The number of rotatable bonds is 5. The lowest BCUT2D eigenvalue weighted by molar-refractivity contribution is 0.177. The van der Waals surface area contributed by atoms with Gasteiger partial charge in [-0.15, -0.1) is 0 Å². The van der Waals surface area contributed by atoms with E-state index >= 15 is 0 Å². The molecule has 0 heterocycles. The van der Waals surface area contributed by atoms with Crippen LogP contribution in [-0.2, 0) is 19.3 Å². The third-order valence-electron chi connectivity index (χ3n) is 3.63.